The number of para-hydroxylation sites is 2. The summed E-state index contributed by atoms with van der Waals surface area (Å²) in [4.78, 5) is 0. The van der Waals surface area contributed by atoms with E-state index in [1.165, 1.54) is 55.3 Å². The SMILES string of the molecule is Cc1ccc(-c2ccc3c4ccccc4n(-c4ccccc4)c3c2)cc1-c1ccccc1. The number of rotatable bonds is 3. The molecule has 0 aliphatic rings. The van der Waals surface area contributed by atoms with Crippen molar-refractivity contribution in [3.8, 4) is 27.9 Å². The van der Waals surface area contributed by atoms with E-state index in [0.29, 0.717) is 0 Å². The van der Waals surface area contributed by atoms with Gasteiger partial charge in [0.2, 0.25) is 0 Å². The Morgan fingerprint density at radius 2 is 1.09 bits per heavy atom. The summed E-state index contributed by atoms with van der Waals surface area (Å²) in [7, 11) is 0. The van der Waals surface area contributed by atoms with Gasteiger partial charge in [-0.25, -0.2) is 0 Å². The first kappa shape index (κ1) is 18.7. The summed E-state index contributed by atoms with van der Waals surface area (Å²) in [6.07, 6.45) is 0. The lowest BCUT2D eigenvalue weighted by Crippen LogP contribution is -1.93. The Morgan fingerprint density at radius 3 is 1.91 bits per heavy atom. The molecular formula is C31H23N. The highest BCUT2D eigenvalue weighted by Crippen LogP contribution is 2.36. The van der Waals surface area contributed by atoms with Gasteiger partial charge in [0.25, 0.3) is 0 Å². The summed E-state index contributed by atoms with van der Waals surface area (Å²) in [5, 5.41) is 2.57. The minimum absolute atomic E-state index is 1.18. The van der Waals surface area contributed by atoms with Crippen molar-refractivity contribution in [2.75, 3.05) is 0 Å². The maximum Gasteiger partial charge on any atom is 0.0547 e. The van der Waals surface area contributed by atoms with Crippen molar-refractivity contribution in [3.05, 3.63) is 127 Å². The predicted octanol–water partition coefficient (Wildman–Crippen LogP) is 8.43. The zero-order valence-electron chi connectivity index (χ0n) is 18.0. The Kier molecular flexibility index (Phi) is 4.40. The fourth-order valence-electron chi connectivity index (χ4n) is 4.74. The highest BCUT2D eigenvalue weighted by atomic mass is 15.0. The third-order valence-electron chi connectivity index (χ3n) is 6.34. The van der Waals surface area contributed by atoms with Crippen molar-refractivity contribution < 1.29 is 0 Å². The number of aryl methyl sites for hydroxylation is 1. The standard InChI is InChI=1S/C31H23N/c1-22-16-17-24(20-29(22)23-10-4-2-5-11-23)25-18-19-28-27-14-8-9-15-30(27)32(31(28)21-25)26-12-6-3-7-13-26/h2-21H,1H3. The molecule has 1 aromatic heterocycles. The smallest absolute Gasteiger partial charge is 0.0547 e. The van der Waals surface area contributed by atoms with Crippen LogP contribution >= 0.6 is 0 Å². The molecule has 1 heterocycles. The predicted molar refractivity (Wildman–Crippen MR) is 136 cm³/mol. The van der Waals surface area contributed by atoms with Crippen molar-refractivity contribution in [1.82, 2.24) is 4.57 Å². The molecule has 0 fully saturated rings. The summed E-state index contributed by atoms with van der Waals surface area (Å²) in [6.45, 7) is 2.18. The highest BCUT2D eigenvalue weighted by molar-refractivity contribution is 6.10. The van der Waals surface area contributed by atoms with Gasteiger partial charge in [-0.15, -0.1) is 0 Å². The normalized spacial score (nSPS) is 11.3. The molecule has 0 atom stereocenters. The number of nitrogens with zero attached hydrogens (tertiary/aromatic N) is 1. The average Bonchev–Trinajstić information content (AvgIpc) is 3.19. The molecule has 6 rings (SSSR count). The van der Waals surface area contributed by atoms with E-state index in [4.69, 9.17) is 0 Å². The molecule has 0 unspecified atom stereocenters. The van der Waals surface area contributed by atoms with Crippen LogP contribution in [0, 0.1) is 6.92 Å². The molecule has 1 nitrogen and oxygen atoms in total. The summed E-state index contributed by atoms with van der Waals surface area (Å²) in [5.41, 5.74) is 9.95. The lowest BCUT2D eigenvalue weighted by atomic mass is 9.95. The van der Waals surface area contributed by atoms with Gasteiger partial charge < -0.3 is 4.57 Å². The maximum absolute atomic E-state index is 2.38. The number of hydrogen-bond acceptors (Lipinski definition) is 0. The van der Waals surface area contributed by atoms with E-state index >= 15 is 0 Å². The molecule has 32 heavy (non-hydrogen) atoms. The van der Waals surface area contributed by atoms with Crippen LogP contribution in [-0.2, 0) is 0 Å². The Morgan fingerprint density at radius 1 is 0.469 bits per heavy atom. The molecule has 152 valence electrons. The summed E-state index contributed by atoms with van der Waals surface area (Å²) in [6, 6.07) is 43.6. The second kappa shape index (κ2) is 7.55. The molecule has 6 aromatic rings. The lowest BCUT2D eigenvalue weighted by Gasteiger charge is -2.11. The van der Waals surface area contributed by atoms with Crippen LogP contribution in [0.2, 0.25) is 0 Å². The zero-order valence-corrected chi connectivity index (χ0v) is 18.0. The lowest BCUT2D eigenvalue weighted by molar-refractivity contribution is 1.18. The van der Waals surface area contributed by atoms with Crippen LogP contribution in [-0.4, -0.2) is 4.57 Å². The summed E-state index contributed by atoms with van der Waals surface area (Å²) in [5.74, 6) is 0. The molecule has 0 saturated carbocycles. The molecule has 5 aromatic carbocycles. The van der Waals surface area contributed by atoms with Crippen molar-refractivity contribution >= 4 is 21.8 Å². The Bertz CT molecular complexity index is 1560. The molecule has 0 aliphatic carbocycles. The number of benzene rings is 5. The van der Waals surface area contributed by atoms with Crippen LogP contribution < -0.4 is 0 Å². The minimum Gasteiger partial charge on any atom is -0.309 e. The van der Waals surface area contributed by atoms with Crippen LogP contribution in [0.5, 0.6) is 0 Å². The molecule has 0 bridgehead atoms. The van der Waals surface area contributed by atoms with E-state index in [2.05, 4.69) is 133 Å². The summed E-state index contributed by atoms with van der Waals surface area (Å²) < 4.78 is 2.38. The van der Waals surface area contributed by atoms with E-state index < -0.39 is 0 Å². The van der Waals surface area contributed by atoms with Crippen molar-refractivity contribution in [3.63, 3.8) is 0 Å². The number of aromatic nitrogens is 1. The van der Waals surface area contributed by atoms with Crippen LogP contribution in [0.1, 0.15) is 5.56 Å². The van der Waals surface area contributed by atoms with Crippen molar-refractivity contribution in [2.24, 2.45) is 0 Å². The highest BCUT2D eigenvalue weighted by Gasteiger charge is 2.13. The van der Waals surface area contributed by atoms with E-state index in [0.717, 1.165) is 0 Å². The molecule has 1 heteroatoms. The van der Waals surface area contributed by atoms with Crippen LogP contribution in [0.25, 0.3) is 49.7 Å². The third-order valence-corrected chi connectivity index (χ3v) is 6.34. The quantitative estimate of drug-likeness (QED) is 0.276. The second-order valence-corrected chi connectivity index (χ2v) is 8.32. The number of fused-ring (bicyclic) bond motifs is 3. The Balaban J connectivity index is 1.59. The van der Waals surface area contributed by atoms with E-state index in [1.54, 1.807) is 0 Å². The molecule has 0 saturated heterocycles. The number of hydrogen-bond donors (Lipinski definition) is 0. The van der Waals surface area contributed by atoms with Crippen molar-refractivity contribution in [1.29, 1.82) is 0 Å². The van der Waals surface area contributed by atoms with Crippen LogP contribution in [0.4, 0.5) is 0 Å². The van der Waals surface area contributed by atoms with Gasteiger partial charge in [-0.3, -0.25) is 0 Å². The minimum atomic E-state index is 1.18. The molecule has 0 aliphatic heterocycles. The molecular weight excluding hydrogens is 386 g/mol. The fourth-order valence-corrected chi connectivity index (χ4v) is 4.74. The monoisotopic (exact) mass is 409 g/mol. The van der Waals surface area contributed by atoms with Gasteiger partial charge in [-0.2, -0.15) is 0 Å². The summed E-state index contributed by atoms with van der Waals surface area (Å²) >= 11 is 0. The van der Waals surface area contributed by atoms with Gasteiger partial charge in [0, 0.05) is 16.5 Å². The first-order chi connectivity index (χ1) is 15.8. The van der Waals surface area contributed by atoms with Crippen LogP contribution in [0.15, 0.2) is 121 Å². The van der Waals surface area contributed by atoms with E-state index in [1.807, 2.05) is 0 Å². The van der Waals surface area contributed by atoms with Gasteiger partial charge in [-0.05, 0) is 65.1 Å². The molecule has 0 amide bonds. The van der Waals surface area contributed by atoms with Gasteiger partial charge >= 0.3 is 0 Å². The largest absolute Gasteiger partial charge is 0.309 e. The Labute approximate surface area is 188 Å². The first-order valence-electron chi connectivity index (χ1n) is 11.0. The molecule has 0 radical (unpaired) electrons. The van der Waals surface area contributed by atoms with Crippen LogP contribution in [0.3, 0.4) is 0 Å². The average molecular weight is 410 g/mol. The topological polar surface area (TPSA) is 4.93 Å². The van der Waals surface area contributed by atoms with Gasteiger partial charge in [0.1, 0.15) is 0 Å². The molecule has 0 N–H and O–H groups in total. The van der Waals surface area contributed by atoms with Crippen molar-refractivity contribution in [2.45, 2.75) is 6.92 Å². The van der Waals surface area contributed by atoms with Gasteiger partial charge in [0.05, 0.1) is 11.0 Å². The van der Waals surface area contributed by atoms with Gasteiger partial charge in [-0.1, -0.05) is 91.0 Å². The maximum atomic E-state index is 2.38. The first-order valence-corrected chi connectivity index (χ1v) is 11.0. The van der Waals surface area contributed by atoms with Gasteiger partial charge in [0.15, 0.2) is 0 Å². The van der Waals surface area contributed by atoms with E-state index in [-0.39, 0.29) is 0 Å². The van der Waals surface area contributed by atoms with E-state index in [9.17, 15) is 0 Å². The fraction of sp³-hybridized carbons (Fsp3) is 0.0323. The zero-order chi connectivity index (χ0) is 21.5. The molecule has 0 spiro atoms. The Hall–Kier alpha value is -4.10. The third kappa shape index (κ3) is 3.02. The second-order valence-electron chi connectivity index (χ2n) is 8.32.